The number of esters is 1. The molecule has 13 heteroatoms. The summed E-state index contributed by atoms with van der Waals surface area (Å²) in [4.78, 5) is 23.5. The van der Waals surface area contributed by atoms with E-state index in [9.17, 15) is 41.3 Å². The number of carbonyl (C=O) groups is 1. The zero-order valence-corrected chi connectivity index (χ0v) is 23.0. The molecular formula is C28H34F6N2O5. The Hall–Kier alpha value is -3.19. The van der Waals surface area contributed by atoms with E-state index in [1.807, 2.05) is 0 Å². The summed E-state index contributed by atoms with van der Waals surface area (Å²) in [5.74, 6) is -0.569. The van der Waals surface area contributed by atoms with Gasteiger partial charge in [0.15, 0.2) is 0 Å². The molecule has 1 aliphatic rings. The van der Waals surface area contributed by atoms with E-state index in [1.165, 1.54) is 6.92 Å². The number of nitrogens with one attached hydrogen (secondary N) is 1. The molecule has 1 N–H and O–H groups in total. The van der Waals surface area contributed by atoms with Crippen molar-refractivity contribution in [3.63, 3.8) is 0 Å². The van der Waals surface area contributed by atoms with Gasteiger partial charge in [-0.25, -0.2) is 0 Å². The molecule has 2 rings (SSSR count). The Bertz CT molecular complexity index is 1120. The zero-order valence-electron chi connectivity index (χ0n) is 23.0. The van der Waals surface area contributed by atoms with Crippen molar-refractivity contribution in [1.82, 2.24) is 5.32 Å². The zero-order chi connectivity index (χ0) is 31.1. The van der Waals surface area contributed by atoms with Crippen LogP contribution in [0.15, 0.2) is 54.7 Å². The van der Waals surface area contributed by atoms with Gasteiger partial charge in [-0.15, -0.1) is 0 Å². The van der Waals surface area contributed by atoms with E-state index in [0.717, 1.165) is 0 Å². The number of rotatable bonds is 12. The molecule has 228 valence electrons. The second-order valence-electron chi connectivity index (χ2n) is 9.92. The number of benzene rings is 1. The van der Waals surface area contributed by atoms with Crippen molar-refractivity contribution in [3.8, 4) is 0 Å². The summed E-state index contributed by atoms with van der Waals surface area (Å²) in [6, 6.07) is 1.26. The van der Waals surface area contributed by atoms with Crippen molar-refractivity contribution in [1.29, 1.82) is 0 Å². The summed E-state index contributed by atoms with van der Waals surface area (Å²) in [6.45, 7) is 8.48. The Morgan fingerprint density at radius 3 is 2.22 bits per heavy atom. The maximum absolute atomic E-state index is 13.4. The fraction of sp³-hybridized carbons (Fsp3) is 0.536. The average Bonchev–Trinajstić information content (AvgIpc) is 2.90. The first-order chi connectivity index (χ1) is 19.0. The average molecular weight is 593 g/mol. The summed E-state index contributed by atoms with van der Waals surface area (Å²) in [7, 11) is 0. The van der Waals surface area contributed by atoms with Gasteiger partial charge in [-0.2, -0.15) is 26.3 Å². The molecule has 1 aliphatic heterocycles. The highest BCUT2D eigenvalue weighted by atomic mass is 19.4. The van der Waals surface area contributed by atoms with Crippen LogP contribution in [0.3, 0.4) is 0 Å². The van der Waals surface area contributed by atoms with Crippen LogP contribution < -0.4 is 5.32 Å². The van der Waals surface area contributed by atoms with Gasteiger partial charge in [0.25, 0.3) is 0 Å². The lowest BCUT2D eigenvalue weighted by Gasteiger charge is -2.44. The topological polar surface area (TPSA) is 90.7 Å². The van der Waals surface area contributed by atoms with Crippen LogP contribution in [0.1, 0.15) is 69.2 Å². The lowest BCUT2D eigenvalue weighted by atomic mass is 9.75. The third-order valence-electron chi connectivity index (χ3n) is 7.13. The molecular weight excluding hydrogens is 558 g/mol. The molecule has 0 spiro atoms. The summed E-state index contributed by atoms with van der Waals surface area (Å²) >= 11 is 0. The van der Waals surface area contributed by atoms with Crippen molar-refractivity contribution >= 4 is 5.97 Å². The molecule has 1 aromatic rings. The first kappa shape index (κ1) is 34.0. The molecule has 0 unspecified atom stereocenters. The molecule has 41 heavy (non-hydrogen) atoms. The van der Waals surface area contributed by atoms with Crippen LogP contribution in [0, 0.1) is 10.1 Å². The van der Waals surface area contributed by atoms with E-state index in [4.69, 9.17) is 9.47 Å². The number of nitro groups is 1. The van der Waals surface area contributed by atoms with Crippen LogP contribution in [0.5, 0.6) is 0 Å². The van der Waals surface area contributed by atoms with Crippen molar-refractivity contribution in [2.45, 2.75) is 76.0 Å². The van der Waals surface area contributed by atoms with Gasteiger partial charge >= 0.3 is 18.3 Å². The molecule has 1 saturated heterocycles. The summed E-state index contributed by atoms with van der Waals surface area (Å²) < 4.78 is 90.9. The Balaban J connectivity index is 2.35. The van der Waals surface area contributed by atoms with Crippen LogP contribution in [0.2, 0.25) is 0 Å². The highest BCUT2D eigenvalue weighted by Crippen LogP contribution is 2.40. The SMILES string of the molecule is C=C(/C=C\C=C/C)[C@]1(CO[C@H](C)c2cc(C(F)(F)F)cc(C(F)(F)F)c2)CC[C@@](CCC(=O)OCC)([N+](=O)[O-])CN1. The van der Waals surface area contributed by atoms with Gasteiger partial charge in [0.1, 0.15) is 0 Å². The molecule has 7 nitrogen and oxygen atoms in total. The van der Waals surface area contributed by atoms with Gasteiger partial charge in [0.2, 0.25) is 5.54 Å². The fourth-order valence-electron chi connectivity index (χ4n) is 4.49. The third kappa shape index (κ3) is 8.90. The van der Waals surface area contributed by atoms with E-state index >= 15 is 0 Å². The van der Waals surface area contributed by atoms with E-state index in [1.54, 1.807) is 38.2 Å². The van der Waals surface area contributed by atoms with Gasteiger partial charge in [-0.3, -0.25) is 20.2 Å². The first-order valence-electron chi connectivity index (χ1n) is 12.9. The van der Waals surface area contributed by atoms with Crippen molar-refractivity contribution in [2.24, 2.45) is 0 Å². The van der Waals surface area contributed by atoms with Gasteiger partial charge in [0, 0.05) is 17.8 Å². The predicted octanol–water partition coefficient (Wildman–Crippen LogP) is 6.97. The van der Waals surface area contributed by atoms with E-state index < -0.39 is 51.6 Å². The minimum Gasteiger partial charge on any atom is -0.466 e. The second-order valence-corrected chi connectivity index (χ2v) is 9.92. The summed E-state index contributed by atoms with van der Waals surface area (Å²) in [6.07, 6.45) is -4.60. The van der Waals surface area contributed by atoms with E-state index in [2.05, 4.69) is 11.9 Å². The summed E-state index contributed by atoms with van der Waals surface area (Å²) in [5, 5.41) is 15.2. The standard InChI is InChI=1S/C28H34F6N2O5/c1-5-7-8-9-19(3)26(13-12-25(17-35-26,36(38)39)11-10-24(37)40-6-2)18-41-20(4)21-14-22(27(29,30)31)16-23(15-21)28(32,33)34/h5,7-9,14-16,20,35H,3,6,10-13,17-18H2,1-2,4H3/b7-5-,9-8-/t20-,25-,26-/m1/s1. The van der Waals surface area contributed by atoms with Crippen molar-refractivity contribution in [2.75, 3.05) is 19.8 Å². The molecule has 0 aromatic heterocycles. The maximum Gasteiger partial charge on any atom is 0.416 e. The van der Waals surface area contributed by atoms with Crippen molar-refractivity contribution in [3.05, 3.63) is 81.5 Å². The van der Waals surface area contributed by atoms with Crippen molar-refractivity contribution < 1.29 is 45.5 Å². The Labute approximate surface area is 234 Å². The number of halogens is 6. The fourth-order valence-corrected chi connectivity index (χ4v) is 4.49. The molecule has 0 aliphatic carbocycles. The number of carbonyl (C=O) groups excluding carboxylic acids is 1. The minimum absolute atomic E-state index is 0.00238. The van der Waals surface area contributed by atoms with Crippen LogP contribution in [0.4, 0.5) is 26.3 Å². The van der Waals surface area contributed by atoms with E-state index in [-0.39, 0.29) is 57.1 Å². The molecule has 0 radical (unpaired) electrons. The second kappa shape index (κ2) is 13.6. The highest BCUT2D eigenvalue weighted by Gasteiger charge is 2.51. The molecule has 1 fully saturated rings. The number of hydrogen-bond acceptors (Lipinski definition) is 6. The number of hydrogen-bond donors (Lipinski definition) is 1. The van der Waals surface area contributed by atoms with Gasteiger partial charge in [-0.1, -0.05) is 30.9 Å². The molecule has 0 bridgehead atoms. The number of alkyl halides is 6. The molecule has 0 saturated carbocycles. The molecule has 3 atom stereocenters. The van der Waals surface area contributed by atoms with Crippen LogP contribution in [-0.4, -0.2) is 41.7 Å². The first-order valence-corrected chi connectivity index (χ1v) is 12.9. The molecule has 1 aromatic carbocycles. The van der Waals surface area contributed by atoms with Crippen LogP contribution >= 0.6 is 0 Å². The smallest absolute Gasteiger partial charge is 0.416 e. The largest absolute Gasteiger partial charge is 0.466 e. The summed E-state index contributed by atoms with van der Waals surface area (Å²) in [5.41, 5.74) is -5.42. The number of ether oxygens (including phenoxy) is 2. The molecule has 0 amide bonds. The Morgan fingerprint density at radius 2 is 1.76 bits per heavy atom. The number of nitrogens with zero attached hydrogens (tertiary/aromatic N) is 1. The highest BCUT2D eigenvalue weighted by molar-refractivity contribution is 5.69. The predicted molar refractivity (Wildman–Crippen MR) is 139 cm³/mol. The quantitative estimate of drug-likeness (QED) is 0.0927. The van der Waals surface area contributed by atoms with Crippen LogP contribution in [-0.2, 0) is 26.6 Å². The maximum atomic E-state index is 13.4. The van der Waals surface area contributed by atoms with Gasteiger partial charge in [-0.05, 0) is 56.5 Å². The minimum atomic E-state index is -5.01. The normalized spacial score (nSPS) is 22.7. The lowest BCUT2D eigenvalue weighted by Crippen LogP contribution is -2.63. The Morgan fingerprint density at radius 1 is 1.15 bits per heavy atom. The Kier molecular flexibility index (Phi) is 11.3. The van der Waals surface area contributed by atoms with Gasteiger partial charge in [0.05, 0.1) is 48.9 Å². The van der Waals surface area contributed by atoms with Crippen LogP contribution in [0.25, 0.3) is 0 Å². The lowest BCUT2D eigenvalue weighted by molar-refractivity contribution is -0.573. The number of piperidine rings is 1. The van der Waals surface area contributed by atoms with Gasteiger partial charge < -0.3 is 9.47 Å². The molecule has 1 heterocycles. The van der Waals surface area contributed by atoms with E-state index in [0.29, 0.717) is 17.7 Å². The number of allylic oxidation sites excluding steroid dienone is 3. The third-order valence-corrected chi connectivity index (χ3v) is 7.13. The monoisotopic (exact) mass is 592 g/mol.